The van der Waals surface area contributed by atoms with Gasteiger partial charge in [-0.1, -0.05) is 35.9 Å². The number of carbonyl (C=O) groups is 1. The monoisotopic (exact) mass is 435 g/mol. The van der Waals surface area contributed by atoms with Crippen molar-refractivity contribution >= 4 is 38.9 Å². The van der Waals surface area contributed by atoms with E-state index in [2.05, 4.69) is 4.90 Å². The minimum Gasteiger partial charge on any atom is -0.368 e. The maximum atomic E-state index is 13.1. The Bertz CT molecular complexity index is 974. The van der Waals surface area contributed by atoms with Gasteiger partial charge in [-0.15, -0.1) is 0 Å². The van der Waals surface area contributed by atoms with Gasteiger partial charge >= 0.3 is 0 Å². The van der Waals surface area contributed by atoms with E-state index in [1.807, 2.05) is 37.3 Å². The summed E-state index contributed by atoms with van der Waals surface area (Å²) in [7, 11) is -3.67. The first-order valence-corrected chi connectivity index (χ1v) is 11.8. The molecular formula is C21H26ClN3O3S. The Morgan fingerprint density at radius 1 is 1.07 bits per heavy atom. The maximum Gasteiger partial charge on any atom is 0.246 e. The van der Waals surface area contributed by atoms with Crippen LogP contribution in [0.3, 0.4) is 0 Å². The van der Waals surface area contributed by atoms with Crippen molar-refractivity contribution < 1.29 is 13.2 Å². The number of piperazine rings is 1. The van der Waals surface area contributed by atoms with Crippen LogP contribution >= 0.6 is 11.6 Å². The van der Waals surface area contributed by atoms with Gasteiger partial charge in [0.2, 0.25) is 15.9 Å². The summed E-state index contributed by atoms with van der Waals surface area (Å²) < 4.78 is 26.2. The van der Waals surface area contributed by atoms with Crippen LogP contribution in [0.4, 0.5) is 11.4 Å². The summed E-state index contributed by atoms with van der Waals surface area (Å²) in [5.41, 5.74) is 2.37. The Morgan fingerprint density at radius 3 is 2.24 bits per heavy atom. The number of aryl methyl sites for hydroxylation is 1. The number of nitrogens with zero attached hydrogens (tertiary/aromatic N) is 3. The number of hydrogen-bond acceptors (Lipinski definition) is 4. The van der Waals surface area contributed by atoms with E-state index >= 15 is 0 Å². The zero-order chi connectivity index (χ0) is 21.2. The molecule has 0 radical (unpaired) electrons. The Morgan fingerprint density at radius 2 is 1.69 bits per heavy atom. The molecule has 6 nitrogen and oxygen atoms in total. The summed E-state index contributed by atoms with van der Waals surface area (Å²) in [6.45, 7) is 5.97. The van der Waals surface area contributed by atoms with E-state index in [4.69, 9.17) is 11.6 Å². The molecule has 1 aliphatic heterocycles. The Kier molecular flexibility index (Phi) is 6.39. The number of hydrogen-bond donors (Lipinski definition) is 0. The molecule has 1 saturated heterocycles. The molecule has 0 saturated carbocycles. The summed E-state index contributed by atoms with van der Waals surface area (Å²) in [5.74, 6) is -0.208. The van der Waals surface area contributed by atoms with E-state index in [-0.39, 0.29) is 5.91 Å². The molecule has 0 aliphatic carbocycles. The van der Waals surface area contributed by atoms with Gasteiger partial charge in [-0.25, -0.2) is 8.42 Å². The van der Waals surface area contributed by atoms with Gasteiger partial charge in [0.25, 0.3) is 0 Å². The highest BCUT2D eigenvalue weighted by atomic mass is 35.5. The highest BCUT2D eigenvalue weighted by molar-refractivity contribution is 7.92. The van der Waals surface area contributed by atoms with Crippen molar-refractivity contribution in [2.75, 3.05) is 41.6 Å². The second-order valence-corrected chi connectivity index (χ2v) is 9.58. The first kappa shape index (κ1) is 21.5. The van der Waals surface area contributed by atoms with Crippen molar-refractivity contribution in [3.05, 3.63) is 59.1 Å². The van der Waals surface area contributed by atoms with Crippen LogP contribution in [0.1, 0.15) is 12.5 Å². The van der Waals surface area contributed by atoms with Crippen molar-refractivity contribution in [3.8, 4) is 0 Å². The number of sulfonamides is 1. The molecule has 0 spiro atoms. The zero-order valence-electron chi connectivity index (χ0n) is 16.9. The topological polar surface area (TPSA) is 60.9 Å². The molecule has 0 aromatic heterocycles. The summed E-state index contributed by atoms with van der Waals surface area (Å²) in [4.78, 5) is 17.1. The number of rotatable bonds is 5. The molecule has 1 atom stereocenters. The molecular weight excluding hydrogens is 410 g/mol. The van der Waals surface area contributed by atoms with Crippen molar-refractivity contribution in [3.63, 3.8) is 0 Å². The normalized spacial score (nSPS) is 15.9. The zero-order valence-corrected chi connectivity index (χ0v) is 18.4. The third kappa shape index (κ3) is 4.85. The number of carbonyl (C=O) groups excluding carboxylic acids is 1. The van der Waals surface area contributed by atoms with Gasteiger partial charge in [-0.05, 0) is 43.7 Å². The van der Waals surface area contributed by atoms with Gasteiger partial charge in [0, 0.05) is 36.9 Å². The largest absolute Gasteiger partial charge is 0.368 e. The smallest absolute Gasteiger partial charge is 0.246 e. The second kappa shape index (κ2) is 8.63. The Hall–Kier alpha value is -2.25. The summed E-state index contributed by atoms with van der Waals surface area (Å²) in [6, 6.07) is 14.2. The Balaban J connectivity index is 1.76. The van der Waals surface area contributed by atoms with Crippen LogP contribution in [0.5, 0.6) is 0 Å². The molecule has 1 aliphatic rings. The molecule has 0 bridgehead atoms. The van der Waals surface area contributed by atoms with Crippen molar-refractivity contribution in [1.29, 1.82) is 0 Å². The highest BCUT2D eigenvalue weighted by Gasteiger charge is 2.33. The molecule has 0 N–H and O–H groups in total. The number of anilines is 2. The van der Waals surface area contributed by atoms with Crippen molar-refractivity contribution in [2.24, 2.45) is 0 Å². The number of amides is 1. The quantitative estimate of drug-likeness (QED) is 0.723. The van der Waals surface area contributed by atoms with Crippen LogP contribution < -0.4 is 9.21 Å². The predicted molar refractivity (Wildman–Crippen MR) is 118 cm³/mol. The van der Waals surface area contributed by atoms with Gasteiger partial charge in [0.15, 0.2) is 0 Å². The van der Waals surface area contributed by atoms with Gasteiger partial charge in [-0.3, -0.25) is 9.10 Å². The van der Waals surface area contributed by atoms with Crippen LogP contribution in [0, 0.1) is 6.92 Å². The lowest BCUT2D eigenvalue weighted by molar-refractivity contribution is -0.132. The molecule has 2 aromatic carbocycles. The van der Waals surface area contributed by atoms with E-state index in [0.29, 0.717) is 36.9 Å². The van der Waals surface area contributed by atoms with Crippen LogP contribution in [0.15, 0.2) is 48.5 Å². The third-order valence-electron chi connectivity index (χ3n) is 5.19. The average molecular weight is 436 g/mol. The minimum absolute atomic E-state index is 0.208. The molecule has 0 unspecified atom stereocenters. The lowest BCUT2D eigenvalue weighted by Gasteiger charge is -2.39. The highest BCUT2D eigenvalue weighted by Crippen LogP contribution is 2.27. The van der Waals surface area contributed by atoms with Gasteiger partial charge in [0.05, 0.1) is 11.9 Å². The Labute approximate surface area is 177 Å². The fourth-order valence-corrected chi connectivity index (χ4v) is 4.95. The van der Waals surface area contributed by atoms with E-state index in [0.717, 1.165) is 21.8 Å². The fourth-order valence-electron chi connectivity index (χ4n) is 3.61. The van der Waals surface area contributed by atoms with Crippen LogP contribution in [0.2, 0.25) is 5.02 Å². The molecule has 29 heavy (non-hydrogen) atoms. The first-order valence-electron chi connectivity index (χ1n) is 9.53. The average Bonchev–Trinajstić information content (AvgIpc) is 2.70. The molecule has 1 amide bonds. The van der Waals surface area contributed by atoms with E-state index in [1.54, 1.807) is 30.0 Å². The summed E-state index contributed by atoms with van der Waals surface area (Å²) >= 11 is 6.19. The predicted octanol–water partition coefficient (Wildman–Crippen LogP) is 3.15. The van der Waals surface area contributed by atoms with Crippen molar-refractivity contribution in [1.82, 2.24) is 4.90 Å². The number of para-hydroxylation sites is 1. The minimum atomic E-state index is -3.67. The third-order valence-corrected chi connectivity index (χ3v) is 6.84. The van der Waals surface area contributed by atoms with Gasteiger partial charge in [-0.2, -0.15) is 0 Å². The molecule has 8 heteroatoms. The lowest BCUT2D eigenvalue weighted by Crippen LogP contribution is -2.55. The SMILES string of the molecule is Cc1ccc(N([C@H](C)C(=O)N2CCN(c3ccccc3)CC2)S(C)(=O)=O)cc1Cl. The van der Waals surface area contributed by atoms with Gasteiger partial charge < -0.3 is 9.80 Å². The second-order valence-electron chi connectivity index (χ2n) is 7.32. The summed E-state index contributed by atoms with van der Waals surface area (Å²) in [6.07, 6.45) is 1.11. The number of benzene rings is 2. The van der Waals surface area contributed by atoms with E-state index in [1.165, 1.54) is 0 Å². The molecule has 2 aromatic rings. The van der Waals surface area contributed by atoms with Crippen LogP contribution in [-0.4, -0.2) is 57.7 Å². The molecule has 156 valence electrons. The number of halogens is 1. The fraction of sp³-hybridized carbons (Fsp3) is 0.381. The first-order chi connectivity index (χ1) is 13.7. The molecule has 3 rings (SSSR count). The molecule has 1 fully saturated rings. The van der Waals surface area contributed by atoms with Crippen molar-refractivity contribution in [2.45, 2.75) is 19.9 Å². The molecule has 1 heterocycles. The van der Waals surface area contributed by atoms with Crippen LogP contribution in [-0.2, 0) is 14.8 Å². The lowest BCUT2D eigenvalue weighted by atomic mass is 10.2. The van der Waals surface area contributed by atoms with E-state index < -0.39 is 16.1 Å². The summed E-state index contributed by atoms with van der Waals surface area (Å²) in [5, 5.41) is 0.465. The van der Waals surface area contributed by atoms with Crippen LogP contribution in [0.25, 0.3) is 0 Å². The standard InChI is InChI=1S/C21H26ClN3O3S/c1-16-9-10-19(15-20(16)22)25(29(3,27)28)17(2)21(26)24-13-11-23(12-14-24)18-7-5-4-6-8-18/h4-10,15,17H,11-14H2,1-3H3/t17-/m1/s1. The van der Waals surface area contributed by atoms with Gasteiger partial charge in [0.1, 0.15) is 6.04 Å². The van der Waals surface area contributed by atoms with E-state index in [9.17, 15) is 13.2 Å². The maximum absolute atomic E-state index is 13.1.